The molecule has 6 heteroatoms. The molecule has 0 spiro atoms. The zero-order valence-electron chi connectivity index (χ0n) is 10.8. The predicted octanol–water partition coefficient (Wildman–Crippen LogP) is 0.854. The first-order valence-electron chi connectivity index (χ1n) is 5.71. The summed E-state index contributed by atoms with van der Waals surface area (Å²) >= 11 is 0. The van der Waals surface area contributed by atoms with Gasteiger partial charge in [-0.2, -0.15) is 0 Å². The highest BCUT2D eigenvalue weighted by atomic mass is 16.4. The van der Waals surface area contributed by atoms with Crippen molar-refractivity contribution in [3.8, 4) is 0 Å². The Morgan fingerprint density at radius 3 is 2.67 bits per heavy atom. The molecule has 0 bridgehead atoms. The Bertz CT molecular complexity index is 439. The summed E-state index contributed by atoms with van der Waals surface area (Å²) in [5.74, 6) is -0.653. The van der Waals surface area contributed by atoms with E-state index in [1.54, 1.807) is 24.9 Å². The van der Waals surface area contributed by atoms with Gasteiger partial charge in [-0.15, -0.1) is 0 Å². The van der Waals surface area contributed by atoms with Crippen LogP contribution in [0, 0.1) is 6.92 Å². The monoisotopic (exact) mass is 254 g/mol. The molecule has 18 heavy (non-hydrogen) atoms. The third-order valence-corrected chi connectivity index (χ3v) is 2.38. The van der Waals surface area contributed by atoms with Crippen molar-refractivity contribution >= 4 is 11.9 Å². The number of carbonyl (C=O) groups excluding carboxylic acids is 1. The average molecular weight is 254 g/mol. The highest BCUT2D eigenvalue weighted by Gasteiger charge is 2.15. The minimum Gasteiger partial charge on any atom is -0.475 e. The molecule has 100 valence electrons. The second kappa shape index (κ2) is 6.20. The maximum atomic E-state index is 11.3. The first kappa shape index (κ1) is 14.2. The van der Waals surface area contributed by atoms with Gasteiger partial charge in [-0.3, -0.25) is 9.69 Å². The Morgan fingerprint density at radius 2 is 2.17 bits per heavy atom. The van der Waals surface area contributed by atoms with Gasteiger partial charge < -0.3 is 14.8 Å². The molecule has 0 aliphatic rings. The Hall–Kier alpha value is -1.82. The van der Waals surface area contributed by atoms with Crippen LogP contribution in [0.5, 0.6) is 0 Å². The number of hydrogen-bond acceptors (Lipinski definition) is 4. The molecule has 0 aliphatic heterocycles. The van der Waals surface area contributed by atoms with E-state index >= 15 is 0 Å². The van der Waals surface area contributed by atoms with Crippen LogP contribution in [0.15, 0.2) is 10.5 Å². The van der Waals surface area contributed by atoms with Crippen LogP contribution >= 0.6 is 0 Å². The number of rotatable bonds is 6. The highest BCUT2D eigenvalue weighted by Crippen LogP contribution is 2.15. The molecule has 0 saturated heterocycles. The van der Waals surface area contributed by atoms with Gasteiger partial charge >= 0.3 is 5.97 Å². The van der Waals surface area contributed by atoms with Gasteiger partial charge in [-0.25, -0.2) is 4.79 Å². The Morgan fingerprint density at radius 1 is 1.50 bits per heavy atom. The van der Waals surface area contributed by atoms with E-state index < -0.39 is 5.97 Å². The van der Waals surface area contributed by atoms with Crippen molar-refractivity contribution in [1.82, 2.24) is 10.2 Å². The molecule has 2 N–H and O–H groups in total. The quantitative estimate of drug-likeness (QED) is 0.786. The van der Waals surface area contributed by atoms with E-state index in [1.807, 2.05) is 6.92 Å². The zero-order valence-corrected chi connectivity index (χ0v) is 10.8. The second-order valence-corrected chi connectivity index (χ2v) is 4.16. The van der Waals surface area contributed by atoms with Crippen molar-refractivity contribution in [2.24, 2.45) is 0 Å². The van der Waals surface area contributed by atoms with Crippen LogP contribution in [0.25, 0.3) is 0 Å². The fourth-order valence-electron chi connectivity index (χ4n) is 1.66. The smallest absolute Gasteiger partial charge is 0.372 e. The summed E-state index contributed by atoms with van der Waals surface area (Å²) in [5.41, 5.74) is 0.587. The van der Waals surface area contributed by atoms with Crippen molar-refractivity contribution in [2.75, 3.05) is 20.1 Å². The van der Waals surface area contributed by atoms with E-state index in [9.17, 15) is 9.59 Å². The standard InChI is InChI=1S/C12H18N2O4/c1-4-13-10(15)7-14(3)6-9-5-8(2)11(18-9)12(16)17/h5H,4,6-7H2,1-3H3,(H,13,15)(H,16,17). The largest absolute Gasteiger partial charge is 0.475 e. The molecule has 1 heterocycles. The van der Waals surface area contributed by atoms with Crippen LogP contribution in [0.2, 0.25) is 0 Å². The number of nitrogens with zero attached hydrogens (tertiary/aromatic N) is 1. The molecular formula is C12H18N2O4. The molecule has 6 nitrogen and oxygen atoms in total. The first-order chi connectivity index (χ1) is 8.43. The van der Waals surface area contributed by atoms with Gasteiger partial charge in [0, 0.05) is 12.1 Å². The average Bonchev–Trinajstić information content (AvgIpc) is 2.59. The second-order valence-electron chi connectivity index (χ2n) is 4.16. The third kappa shape index (κ3) is 3.89. The number of carbonyl (C=O) groups is 2. The van der Waals surface area contributed by atoms with Crippen LogP contribution in [-0.2, 0) is 11.3 Å². The lowest BCUT2D eigenvalue weighted by atomic mass is 10.2. The number of aromatic carboxylic acids is 1. The van der Waals surface area contributed by atoms with Crippen molar-refractivity contribution in [3.63, 3.8) is 0 Å². The van der Waals surface area contributed by atoms with E-state index in [0.717, 1.165) is 0 Å². The van der Waals surface area contributed by atoms with Gasteiger partial charge in [-0.05, 0) is 27.0 Å². The minimum absolute atomic E-state index is 0.0450. The van der Waals surface area contributed by atoms with Crippen molar-refractivity contribution < 1.29 is 19.1 Å². The third-order valence-electron chi connectivity index (χ3n) is 2.38. The van der Waals surface area contributed by atoms with E-state index in [-0.39, 0.29) is 18.2 Å². The van der Waals surface area contributed by atoms with Crippen LogP contribution in [0.3, 0.4) is 0 Å². The molecule has 0 fully saturated rings. The molecule has 1 rings (SSSR count). The van der Waals surface area contributed by atoms with Gasteiger partial charge in [0.1, 0.15) is 5.76 Å². The maximum absolute atomic E-state index is 11.3. The van der Waals surface area contributed by atoms with Crippen LogP contribution in [-0.4, -0.2) is 42.0 Å². The van der Waals surface area contributed by atoms with Gasteiger partial charge in [0.15, 0.2) is 0 Å². The number of carboxylic acid groups (broad SMARTS) is 1. The summed E-state index contributed by atoms with van der Waals surface area (Å²) in [5, 5.41) is 11.5. The number of amides is 1. The summed E-state index contributed by atoms with van der Waals surface area (Å²) in [6, 6.07) is 1.68. The lowest BCUT2D eigenvalue weighted by molar-refractivity contribution is -0.122. The molecule has 0 saturated carbocycles. The van der Waals surface area contributed by atoms with Crippen LogP contribution in [0.4, 0.5) is 0 Å². The van der Waals surface area contributed by atoms with E-state index in [1.165, 1.54) is 0 Å². The topological polar surface area (TPSA) is 82.8 Å². The lowest BCUT2D eigenvalue weighted by Gasteiger charge is -2.14. The highest BCUT2D eigenvalue weighted by molar-refractivity contribution is 5.86. The number of carboxylic acids is 1. The molecule has 0 radical (unpaired) electrons. The molecule has 1 amide bonds. The number of likely N-dealkylation sites (N-methyl/N-ethyl adjacent to an activating group) is 2. The predicted molar refractivity (Wildman–Crippen MR) is 65.4 cm³/mol. The minimum atomic E-state index is -1.08. The normalized spacial score (nSPS) is 10.7. The van der Waals surface area contributed by atoms with Gasteiger partial charge in [0.2, 0.25) is 11.7 Å². The number of nitrogens with one attached hydrogen (secondary N) is 1. The molecule has 0 atom stereocenters. The molecular weight excluding hydrogens is 236 g/mol. The SMILES string of the molecule is CCNC(=O)CN(C)Cc1cc(C)c(C(=O)O)o1. The molecule has 0 aromatic carbocycles. The number of hydrogen-bond donors (Lipinski definition) is 2. The van der Waals surface area contributed by atoms with Gasteiger partial charge in [-0.1, -0.05) is 0 Å². The van der Waals surface area contributed by atoms with Crippen LogP contribution in [0.1, 0.15) is 28.8 Å². The maximum Gasteiger partial charge on any atom is 0.372 e. The van der Waals surface area contributed by atoms with Gasteiger partial charge in [0.05, 0.1) is 13.1 Å². The lowest BCUT2D eigenvalue weighted by Crippen LogP contribution is -2.34. The van der Waals surface area contributed by atoms with Crippen molar-refractivity contribution in [2.45, 2.75) is 20.4 Å². The number of furan rings is 1. The Balaban J connectivity index is 2.59. The van der Waals surface area contributed by atoms with Crippen molar-refractivity contribution in [1.29, 1.82) is 0 Å². The molecule has 0 aliphatic carbocycles. The summed E-state index contributed by atoms with van der Waals surface area (Å²) in [6.45, 7) is 4.77. The molecule has 0 unspecified atom stereocenters. The van der Waals surface area contributed by atoms with E-state index in [4.69, 9.17) is 9.52 Å². The first-order valence-corrected chi connectivity index (χ1v) is 5.71. The van der Waals surface area contributed by atoms with E-state index in [0.29, 0.717) is 24.4 Å². The fraction of sp³-hybridized carbons (Fsp3) is 0.500. The van der Waals surface area contributed by atoms with Gasteiger partial charge in [0.25, 0.3) is 0 Å². The number of aryl methyl sites for hydroxylation is 1. The molecule has 1 aromatic rings. The molecule has 1 aromatic heterocycles. The zero-order chi connectivity index (χ0) is 13.7. The summed E-state index contributed by atoms with van der Waals surface area (Å²) < 4.78 is 5.22. The summed E-state index contributed by atoms with van der Waals surface area (Å²) in [6.07, 6.45) is 0. The van der Waals surface area contributed by atoms with Crippen molar-refractivity contribution in [3.05, 3.63) is 23.2 Å². The summed E-state index contributed by atoms with van der Waals surface area (Å²) in [4.78, 5) is 23.9. The Kier molecular flexibility index (Phi) is 4.91. The summed E-state index contributed by atoms with van der Waals surface area (Å²) in [7, 11) is 1.77. The Labute approximate surface area is 106 Å². The van der Waals surface area contributed by atoms with E-state index in [2.05, 4.69) is 5.32 Å². The van der Waals surface area contributed by atoms with Crippen LogP contribution < -0.4 is 5.32 Å². The fourth-order valence-corrected chi connectivity index (χ4v) is 1.66.